The van der Waals surface area contributed by atoms with Gasteiger partial charge < -0.3 is 9.47 Å². The predicted molar refractivity (Wildman–Crippen MR) is 97.4 cm³/mol. The van der Waals surface area contributed by atoms with Crippen molar-refractivity contribution in [3.8, 4) is 22.9 Å². The zero-order valence-electron chi connectivity index (χ0n) is 14.1. The summed E-state index contributed by atoms with van der Waals surface area (Å²) in [6.45, 7) is 3.88. The SMILES string of the molecule is COc1ccc(Oc2c(Cl)cnn(-c3cc(C)ccc3C)c2=O)cc1. The quantitative estimate of drug-likeness (QED) is 0.699. The van der Waals surface area contributed by atoms with Crippen LogP contribution in [-0.2, 0) is 0 Å². The van der Waals surface area contributed by atoms with Crippen LogP contribution in [0.4, 0.5) is 0 Å². The molecule has 0 fully saturated rings. The van der Waals surface area contributed by atoms with Gasteiger partial charge in [0.15, 0.2) is 0 Å². The summed E-state index contributed by atoms with van der Waals surface area (Å²) >= 11 is 6.14. The van der Waals surface area contributed by atoms with Crippen molar-refractivity contribution < 1.29 is 9.47 Å². The minimum atomic E-state index is -0.419. The van der Waals surface area contributed by atoms with E-state index >= 15 is 0 Å². The number of aromatic nitrogens is 2. The summed E-state index contributed by atoms with van der Waals surface area (Å²) in [6.07, 6.45) is 1.41. The number of hydrogen-bond acceptors (Lipinski definition) is 4. The fourth-order valence-corrected chi connectivity index (χ4v) is 2.55. The summed E-state index contributed by atoms with van der Waals surface area (Å²) in [5, 5.41) is 4.31. The molecular formula is C19H17ClN2O3. The molecule has 25 heavy (non-hydrogen) atoms. The Morgan fingerprint density at radius 3 is 2.40 bits per heavy atom. The number of nitrogens with zero attached hydrogens (tertiary/aromatic N) is 2. The Labute approximate surface area is 150 Å². The summed E-state index contributed by atoms with van der Waals surface area (Å²) in [5.74, 6) is 1.21. The minimum absolute atomic E-state index is 0.0303. The van der Waals surface area contributed by atoms with Crippen molar-refractivity contribution in [2.24, 2.45) is 0 Å². The van der Waals surface area contributed by atoms with Gasteiger partial charge in [0.2, 0.25) is 5.75 Å². The maximum atomic E-state index is 12.8. The van der Waals surface area contributed by atoms with E-state index in [0.717, 1.165) is 11.1 Å². The van der Waals surface area contributed by atoms with Crippen LogP contribution < -0.4 is 15.0 Å². The van der Waals surface area contributed by atoms with Gasteiger partial charge in [-0.25, -0.2) is 0 Å². The molecule has 0 atom stereocenters. The first-order chi connectivity index (χ1) is 12.0. The molecule has 0 N–H and O–H groups in total. The van der Waals surface area contributed by atoms with E-state index in [2.05, 4.69) is 5.10 Å². The molecule has 0 aliphatic heterocycles. The number of halogens is 1. The molecule has 0 radical (unpaired) electrons. The summed E-state index contributed by atoms with van der Waals surface area (Å²) < 4.78 is 12.1. The first kappa shape index (κ1) is 17.0. The minimum Gasteiger partial charge on any atom is -0.497 e. The first-order valence-electron chi connectivity index (χ1n) is 7.67. The predicted octanol–water partition coefficient (Wildman–Crippen LogP) is 4.30. The van der Waals surface area contributed by atoms with Crippen LogP contribution in [0.25, 0.3) is 5.69 Å². The second-order valence-corrected chi connectivity index (χ2v) is 6.01. The lowest BCUT2D eigenvalue weighted by Gasteiger charge is -2.12. The van der Waals surface area contributed by atoms with E-state index in [4.69, 9.17) is 21.1 Å². The normalized spacial score (nSPS) is 10.6. The maximum absolute atomic E-state index is 12.8. The fourth-order valence-electron chi connectivity index (χ4n) is 2.39. The molecule has 0 spiro atoms. The molecule has 3 aromatic rings. The maximum Gasteiger partial charge on any atom is 0.316 e. The topological polar surface area (TPSA) is 53.4 Å². The van der Waals surface area contributed by atoms with Gasteiger partial charge in [0.1, 0.15) is 16.5 Å². The molecule has 0 saturated carbocycles. The van der Waals surface area contributed by atoms with Gasteiger partial charge in [-0.05, 0) is 55.3 Å². The van der Waals surface area contributed by atoms with Crippen LogP contribution in [0.3, 0.4) is 0 Å². The van der Waals surface area contributed by atoms with Crippen molar-refractivity contribution in [1.29, 1.82) is 0 Å². The largest absolute Gasteiger partial charge is 0.497 e. The molecular weight excluding hydrogens is 340 g/mol. The van der Waals surface area contributed by atoms with Gasteiger partial charge in [0, 0.05) is 0 Å². The van der Waals surface area contributed by atoms with Crippen LogP contribution in [0.5, 0.6) is 17.2 Å². The van der Waals surface area contributed by atoms with Crippen LogP contribution in [-0.4, -0.2) is 16.9 Å². The Morgan fingerprint density at radius 2 is 1.72 bits per heavy atom. The summed E-state index contributed by atoms with van der Waals surface area (Å²) in [7, 11) is 1.58. The average Bonchev–Trinajstić information content (AvgIpc) is 2.61. The zero-order valence-corrected chi connectivity index (χ0v) is 14.9. The lowest BCUT2D eigenvalue weighted by molar-refractivity contribution is 0.412. The lowest BCUT2D eigenvalue weighted by atomic mass is 10.1. The second kappa shape index (κ2) is 6.99. The monoisotopic (exact) mass is 356 g/mol. The highest BCUT2D eigenvalue weighted by atomic mass is 35.5. The van der Waals surface area contributed by atoms with Gasteiger partial charge in [0.05, 0.1) is 19.0 Å². The molecule has 0 bridgehead atoms. The third-order valence-electron chi connectivity index (χ3n) is 3.76. The third-order valence-corrected chi connectivity index (χ3v) is 4.03. The number of benzene rings is 2. The van der Waals surface area contributed by atoms with E-state index in [1.807, 2.05) is 32.0 Å². The van der Waals surface area contributed by atoms with Crippen LogP contribution in [0.15, 0.2) is 53.5 Å². The molecule has 128 valence electrons. The van der Waals surface area contributed by atoms with Gasteiger partial charge in [-0.3, -0.25) is 4.79 Å². The van der Waals surface area contributed by atoms with Crippen LogP contribution in [0.1, 0.15) is 11.1 Å². The molecule has 0 aliphatic rings. The molecule has 0 aliphatic carbocycles. The molecule has 0 saturated heterocycles. The average molecular weight is 357 g/mol. The summed E-state index contributed by atoms with van der Waals surface area (Å²) in [6, 6.07) is 12.7. The molecule has 2 aromatic carbocycles. The molecule has 1 heterocycles. The Morgan fingerprint density at radius 1 is 1.04 bits per heavy atom. The van der Waals surface area contributed by atoms with Gasteiger partial charge >= 0.3 is 5.56 Å². The van der Waals surface area contributed by atoms with E-state index in [1.54, 1.807) is 31.4 Å². The van der Waals surface area contributed by atoms with E-state index < -0.39 is 5.56 Å². The van der Waals surface area contributed by atoms with Crippen LogP contribution in [0, 0.1) is 13.8 Å². The number of methoxy groups -OCH3 is 1. The first-order valence-corrected chi connectivity index (χ1v) is 8.05. The fraction of sp³-hybridized carbons (Fsp3) is 0.158. The number of hydrogen-bond donors (Lipinski definition) is 0. The number of aryl methyl sites for hydroxylation is 2. The standard InChI is InChI=1S/C19H17ClN2O3/c1-12-4-5-13(2)17(10-12)22-19(23)18(16(20)11-21-22)25-15-8-6-14(24-3)7-9-15/h4-11H,1-3H3. The van der Waals surface area contributed by atoms with Gasteiger partial charge in [-0.15, -0.1) is 0 Å². The third kappa shape index (κ3) is 3.51. The van der Waals surface area contributed by atoms with Crippen LogP contribution in [0.2, 0.25) is 5.02 Å². The number of ether oxygens (including phenoxy) is 2. The van der Waals surface area contributed by atoms with Crippen molar-refractivity contribution in [2.75, 3.05) is 7.11 Å². The summed E-state index contributed by atoms with van der Waals surface area (Å²) in [4.78, 5) is 12.8. The van der Waals surface area contributed by atoms with Crippen LogP contribution >= 0.6 is 11.6 Å². The van der Waals surface area contributed by atoms with Crippen molar-refractivity contribution in [3.05, 3.63) is 75.2 Å². The molecule has 5 nitrogen and oxygen atoms in total. The Hall–Kier alpha value is -2.79. The van der Waals surface area contributed by atoms with E-state index in [0.29, 0.717) is 17.2 Å². The zero-order chi connectivity index (χ0) is 18.0. The Balaban J connectivity index is 2.05. The van der Waals surface area contributed by atoms with Crippen molar-refractivity contribution in [2.45, 2.75) is 13.8 Å². The Bertz CT molecular complexity index is 965. The smallest absolute Gasteiger partial charge is 0.316 e. The van der Waals surface area contributed by atoms with Crippen molar-refractivity contribution in [3.63, 3.8) is 0 Å². The highest BCUT2D eigenvalue weighted by molar-refractivity contribution is 6.31. The van der Waals surface area contributed by atoms with Crippen molar-refractivity contribution >= 4 is 11.6 Å². The van der Waals surface area contributed by atoms with Gasteiger partial charge in [-0.1, -0.05) is 23.7 Å². The molecule has 0 amide bonds. The van der Waals surface area contributed by atoms with E-state index in [-0.39, 0.29) is 10.8 Å². The van der Waals surface area contributed by atoms with E-state index in [9.17, 15) is 4.79 Å². The van der Waals surface area contributed by atoms with Crippen molar-refractivity contribution in [1.82, 2.24) is 9.78 Å². The van der Waals surface area contributed by atoms with E-state index in [1.165, 1.54) is 10.9 Å². The molecule has 6 heteroatoms. The highest BCUT2D eigenvalue weighted by Crippen LogP contribution is 2.27. The molecule has 0 unspecified atom stereocenters. The van der Waals surface area contributed by atoms with Gasteiger partial charge in [-0.2, -0.15) is 9.78 Å². The lowest BCUT2D eigenvalue weighted by Crippen LogP contribution is -2.23. The molecule has 3 rings (SSSR count). The van der Waals surface area contributed by atoms with Gasteiger partial charge in [0.25, 0.3) is 0 Å². The highest BCUT2D eigenvalue weighted by Gasteiger charge is 2.15. The summed E-state index contributed by atoms with van der Waals surface area (Å²) in [5.41, 5.74) is 2.23. The Kier molecular flexibility index (Phi) is 4.76. The number of rotatable bonds is 4. The molecule has 1 aromatic heterocycles. The second-order valence-electron chi connectivity index (χ2n) is 5.61.